The van der Waals surface area contributed by atoms with Gasteiger partial charge in [-0.3, -0.25) is 9.59 Å². The van der Waals surface area contributed by atoms with E-state index in [2.05, 4.69) is 32.2 Å². The number of fused-ring (bicyclic) bond motifs is 1. The van der Waals surface area contributed by atoms with Gasteiger partial charge < -0.3 is 15.1 Å². The van der Waals surface area contributed by atoms with Crippen molar-refractivity contribution in [3.8, 4) is 6.07 Å². The lowest BCUT2D eigenvalue weighted by molar-refractivity contribution is -0.137. The SMILES string of the molecule is CC(C)(C)C1c2cc(F)ccc2CCN1C(=O)CCNCC(=O)N1CCCC1C#N. The maximum absolute atomic E-state index is 13.9. The molecule has 0 aromatic heterocycles. The predicted molar refractivity (Wildman–Crippen MR) is 112 cm³/mol. The molecule has 1 saturated heterocycles. The first-order valence-electron chi connectivity index (χ1n) is 10.7. The van der Waals surface area contributed by atoms with Crippen LogP contribution in [0.25, 0.3) is 0 Å². The minimum atomic E-state index is -0.331. The second-order valence-electron chi connectivity index (χ2n) is 9.25. The summed E-state index contributed by atoms with van der Waals surface area (Å²) in [6.07, 6.45) is 2.57. The number of benzene rings is 1. The van der Waals surface area contributed by atoms with Crippen molar-refractivity contribution < 1.29 is 14.0 Å². The molecule has 1 aromatic carbocycles. The molecule has 0 saturated carbocycles. The molecule has 3 rings (SSSR count). The summed E-state index contributed by atoms with van der Waals surface area (Å²) in [5, 5.41) is 12.2. The third-order valence-electron chi connectivity index (χ3n) is 5.99. The lowest BCUT2D eigenvalue weighted by atomic mass is 9.77. The summed E-state index contributed by atoms with van der Waals surface area (Å²) < 4.78 is 13.9. The molecule has 2 amide bonds. The number of carbonyl (C=O) groups is 2. The van der Waals surface area contributed by atoms with Gasteiger partial charge in [0.15, 0.2) is 0 Å². The van der Waals surface area contributed by atoms with Crippen LogP contribution in [-0.4, -0.2) is 53.8 Å². The fourth-order valence-electron chi connectivity index (χ4n) is 4.62. The molecular formula is C23H31FN4O2. The molecule has 0 bridgehead atoms. The zero-order valence-corrected chi connectivity index (χ0v) is 18.1. The third-order valence-corrected chi connectivity index (χ3v) is 5.99. The summed E-state index contributed by atoms with van der Waals surface area (Å²) >= 11 is 0. The van der Waals surface area contributed by atoms with Crippen molar-refractivity contribution in [2.24, 2.45) is 5.41 Å². The number of carbonyl (C=O) groups excluding carboxylic acids is 2. The summed E-state index contributed by atoms with van der Waals surface area (Å²) in [6.45, 7) is 7.94. The van der Waals surface area contributed by atoms with Gasteiger partial charge in [0.1, 0.15) is 11.9 Å². The average Bonchev–Trinajstić information content (AvgIpc) is 3.18. The molecule has 0 spiro atoms. The number of halogens is 1. The number of nitriles is 1. The number of rotatable bonds is 5. The van der Waals surface area contributed by atoms with E-state index in [0.29, 0.717) is 26.1 Å². The fraction of sp³-hybridized carbons (Fsp3) is 0.609. The van der Waals surface area contributed by atoms with Crippen LogP contribution in [0.2, 0.25) is 0 Å². The van der Waals surface area contributed by atoms with E-state index >= 15 is 0 Å². The maximum Gasteiger partial charge on any atom is 0.237 e. The molecular weight excluding hydrogens is 383 g/mol. The Hall–Kier alpha value is -2.46. The molecule has 7 heteroatoms. The first-order chi connectivity index (χ1) is 14.2. The first-order valence-corrected chi connectivity index (χ1v) is 10.7. The first kappa shape index (κ1) is 22.2. The van der Waals surface area contributed by atoms with Crippen molar-refractivity contribution in [2.75, 3.05) is 26.2 Å². The second-order valence-corrected chi connectivity index (χ2v) is 9.25. The van der Waals surface area contributed by atoms with Crippen LogP contribution < -0.4 is 5.32 Å². The molecule has 2 heterocycles. The van der Waals surface area contributed by atoms with E-state index in [-0.39, 0.29) is 48.1 Å². The van der Waals surface area contributed by atoms with Gasteiger partial charge in [0.2, 0.25) is 11.8 Å². The summed E-state index contributed by atoms with van der Waals surface area (Å²) in [5.41, 5.74) is 1.76. The monoisotopic (exact) mass is 414 g/mol. The lowest BCUT2D eigenvalue weighted by Crippen LogP contribution is -2.46. The van der Waals surface area contributed by atoms with Gasteiger partial charge in [-0.2, -0.15) is 5.26 Å². The van der Waals surface area contributed by atoms with Gasteiger partial charge >= 0.3 is 0 Å². The molecule has 1 aromatic rings. The van der Waals surface area contributed by atoms with Gasteiger partial charge in [-0.15, -0.1) is 0 Å². The highest BCUT2D eigenvalue weighted by Gasteiger charge is 2.38. The van der Waals surface area contributed by atoms with Crippen LogP contribution in [0.1, 0.15) is 57.2 Å². The molecule has 0 aliphatic carbocycles. The van der Waals surface area contributed by atoms with Crippen LogP contribution >= 0.6 is 0 Å². The van der Waals surface area contributed by atoms with Gasteiger partial charge in [-0.05, 0) is 47.9 Å². The van der Waals surface area contributed by atoms with Crippen LogP contribution in [0.3, 0.4) is 0 Å². The van der Waals surface area contributed by atoms with E-state index in [0.717, 1.165) is 24.0 Å². The van der Waals surface area contributed by atoms with Crippen molar-refractivity contribution in [2.45, 2.75) is 58.5 Å². The van der Waals surface area contributed by atoms with Gasteiger partial charge in [0, 0.05) is 26.1 Å². The zero-order valence-electron chi connectivity index (χ0n) is 18.1. The minimum absolute atomic E-state index is 0.000795. The van der Waals surface area contributed by atoms with Gasteiger partial charge in [-0.1, -0.05) is 26.8 Å². The van der Waals surface area contributed by atoms with E-state index in [4.69, 9.17) is 5.26 Å². The van der Waals surface area contributed by atoms with Crippen LogP contribution in [0.5, 0.6) is 0 Å². The Bertz CT molecular complexity index is 843. The van der Waals surface area contributed by atoms with E-state index in [1.165, 1.54) is 6.07 Å². The molecule has 2 unspecified atom stereocenters. The van der Waals surface area contributed by atoms with E-state index in [1.807, 2.05) is 11.0 Å². The largest absolute Gasteiger partial charge is 0.335 e. The molecule has 6 nitrogen and oxygen atoms in total. The van der Waals surface area contributed by atoms with Crippen molar-refractivity contribution >= 4 is 11.8 Å². The highest BCUT2D eigenvalue weighted by molar-refractivity contribution is 5.80. The Morgan fingerprint density at radius 2 is 2.00 bits per heavy atom. The van der Waals surface area contributed by atoms with Crippen LogP contribution in [-0.2, 0) is 16.0 Å². The molecule has 2 atom stereocenters. The van der Waals surface area contributed by atoms with Gasteiger partial charge in [0.05, 0.1) is 18.7 Å². The van der Waals surface area contributed by atoms with Crippen LogP contribution in [0, 0.1) is 22.6 Å². The van der Waals surface area contributed by atoms with Gasteiger partial charge in [0.25, 0.3) is 0 Å². The highest BCUT2D eigenvalue weighted by Crippen LogP contribution is 2.42. The number of nitrogens with one attached hydrogen (secondary N) is 1. The quantitative estimate of drug-likeness (QED) is 0.752. The van der Waals surface area contributed by atoms with E-state index < -0.39 is 0 Å². The Kier molecular flexibility index (Phi) is 6.77. The predicted octanol–water partition coefficient (Wildman–Crippen LogP) is 2.79. The standard InChI is InChI=1S/C23H31FN4O2/c1-23(2,3)22-19-13-17(24)7-6-16(19)9-12-28(22)20(29)8-10-26-15-21(30)27-11-4-5-18(27)14-25/h6-7,13,18,22,26H,4-5,8-12,15H2,1-3H3. The van der Waals surface area contributed by atoms with Crippen molar-refractivity contribution in [3.05, 3.63) is 35.1 Å². The molecule has 0 radical (unpaired) electrons. The lowest BCUT2D eigenvalue weighted by Gasteiger charge is -2.44. The molecule has 1 fully saturated rings. The Morgan fingerprint density at radius 1 is 1.23 bits per heavy atom. The molecule has 30 heavy (non-hydrogen) atoms. The summed E-state index contributed by atoms with van der Waals surface area (Å²) in [6, 6.07) is 6.51. The summed E-state index contributed by atoms with van der Waals surface area (Å²) in [5.74, 6) is -0.377. The zero-order chi connectivity index (χ0) is 21.9. The molecule has 162 valence electrons. The van der Waals surface area contributed by atoms with Crippen molar-refractivity contribution in [1.82, 2.24) is 15.1 Å². The maximum atomic E-state index is 13.9. The van der Waals surface area contributed by atoms with E-state index in [1.54, 1.807) is 11.0 Å². The Morgan fingerprint density at radius 3 is 2.70 bits per heavy atom. The molecule has 2 aliphatic heterocycles. The second kappa shape index (κ2) is 9.13. The number of amides is 2. The van der Waals surface area contributed by atoms with Crippen LogP contribution in [0.4, 0.5) is 4.39 Å². The highest BCUT2D eigenvalue weighted by atomic mass is 19.1. The van der Waals surface area contributed by atoms with Crippen molar-refractivity contribution in [1.29, 1.82) is 5.26 Å². The summed E-state index contributed by atoms with van der Waals surface area (Å²) in [4.78, 5) is 28.8. The number of hydrogen-bond donors (Lipinski definition) is 1. The number of likely N-dealkylation sites (tertiary alicyclic amines) is 1. The van der Waals surface area contributed by atoms with Crippen molar-refractivity contribution in [3.63, 3.8) is 0 Å². The fourth-order valence-corrected chi connectivity index (χ4v) is 4.62. The number of hydrogen-bond acceptors (Lipinski definition) is 4. The average molecular weight is 415 g/mol. The Labute approximate surface area is 178 Å². The molecule has 2 aliphatic rings. The Balaban J connectivity index is 1.58. The topological polar surface area (TPSA) is 76.4 Å². The summed E-state index contributed by atoms with van der Waals surface area (Å²) in [7, 11) is 0. The van der Waals surface area contributed by atoms with Gasteiger partial charge in [-0.25, -0.2) is 4.39 Å². The minimum Gasteiger partial charge on any atom is -0.335 e. The molecule has 1 N–H and O–H groups in total. The van der Waals surface area contributed by atoms with E-state index in [9.17, 15) is 14.0 Å². The third kappa shape index (κ3) is 4.81. The van der Waals surface area contributed by atoms with Crippen LogP contribution in [0.15, 0.2) is 18.2 Å². The normalized spacial score (nSPS) is 21.3. The number of nitrogens with zero attached hydrogens (tertiary/aromatic N) is 3. The smallest absolute Gasteiger partial charge is 0.237 e.